The highest BCUT2D eigenvalue weighted by molar-refractivity contribution is 5.95. The van der Waals surface area contributed by atoms with Crippen molar-refractivity contribution in [2.45, 2.75) is 19.8 Å². The molecule has 0 aliphatic carbocycles. The van der Waals surface area contributed by atoms with E-state index in [2.05, 4.69) is 13.0 Å². The number of hydrogen-bond donors (Lipinski definition) is 3. The highest BCUT2D eigenvalue weighted by atomic mass is 16.5. The molecular weight excluding hydrogens is 364 g/mol. The van der Waals surface area contributed by atoms with Crippen LogP contribution in [0.3, 0.4) is 0 Å². The Hall–Kier alpha value is -3.47. The first-order valence-electron chi connectivity index (χ1n) is 9.69. The Kier molecular flexibility index (Phi) is 6.74. The van der Waals surface area contributed by atoms with Crippen LogP contribution in [-0.4, -0.2) is 24.2 Å². The maximum absolute atomic E-state index is 9.31. The SMILES string of the molecule is CCCc1cc(-c2ccc(C(=N)N)cc2)ccc1OCCOc1ccc(O)cc1. The minimum Gasteiger partial charge on any atom is -0.508 e. The maximum atomic E-state index is 9.31. The van der Waals surface area contributed by atoms with Gasteiger partial charge in [0.25, 0.3) is 0 Å². The Morgan fingerprint density at radius 1 is 0.897 bits per heavy atom. The van der Waals surface area contributed by atoms with Crippen LogP contribution in [0.4, 0.5) is 0 Å². The number of phenols is 1. The Bertz CT molecular complexity index is 951. The lowest BCUT2D eigenvalue weighted by Crippen LogP contribution is -2.10. The molecular formula is C24H26N2O3. The number of aromatic hydroxyl groups is 1. The average molecular weight is 390 g/mol. The van der Waals surface area contributed by atoms with Gasteiger partial charge in [-0.2, -0.15) is 0 Å². The molecule has 0 atom stereocenters. The van der Waals surface area contributed by atoms with Crippen LogP contribution in [0.25, 0.3) is 11.1 Å². The van der Waals surface area contributed by atoms with Crippen molar-refractivity contribution in [3.8, 4) is 28.4 Å². The van der Waals surface area contributed by atoms with Gasteiger partial charge in [0.2, 0.25) is 0 Å². The van der Waals surface area contributed by atoms with E-state index >= 15 is 0 Å². The van der Waals surface area contributed by atoms with E-state index in [0.29, 0.717) is 19.0 Å². The van der Waals surface area contributed by atoms with E-state index in [9.17, 15) is 5.11 Å². The zero-order valence-corrected chi connectivity index (χ0v) is 16.5. The van der Waals surface area contributed by atoms with E-state index in [4.69, 9.17) is 20.6 Å². The van der Waals surface area contributed by atoms with Crippen molar-refractivity contribution in [1.82, 2.24) is 0 Å². The first-order chi connectivity index (χ1) is 14.1. The molecule has 0 radical (unpaired) electrons. The molecule has 0 amide bonds. The van der Waals surface area contributed by atoms with Gasteiger partial charge in [-0.15, -0.1) is 0 Å². The Balaban J connectivity index is 1.65. The molecule has 3 aromatic rings. The molecule has 0 aliphatic rings. The number of hydrogen-bond acceptors (Lipinski definition) is 4. The number of rotatable bonds is 9. The first kappa shape index (κ1) is 20.3. The van der Waals surface area contributed by atoms with Gasteiger partial charge in [-0.05, 0) is 59.5 Å². The molecule has 150 valence electrons. The molecule has 0 spiro atoms. The summed E-state index contributed by atoms with van der Waals surface area (Å²) in [5.74, 6) is 1.85. The van der Waals surface area contributed by atoms with Crippen molar-refractivity contribution in [3.63, 3.8) is 0 Å². The van der Waals surface area contributed by atoms with Gasteiger partial charge in [-0.25, -0.2) is 0 Å². The molecule has 3 aromatic carbocycles. The summed E-state index contributed by atoms with van der Waals surface area (Å²) in [6, 6.07) is 20.5. The van der Waals surface area contributed by atoms with Crippen molar-refractivity contribution in [2.75, 3.05) is 13.2 Å². The third kappa shape index (κ3) is 5.51. The zero-order valence-electron chi connectivity index (χ0n) is 16.5. The van der Waals surface area contributed by atoms with Crippen molar-refractivity contribution < 1.29 is 14.6 Å². The number of nitrogens with one attached hydrogen (secondary N) is 1. The van der Waals surface area contributed by atoms with Crippen LogP contribution < -0.4 is 15.2 Å². The number of nitrogen functional groups attached to an aromatic ring is 1. The van der Waals surface area contributed by atoms with Crippen molar-refractivity contribution in [1.29, 1.82) is 5.41 Å². The summed E-state index contributed by atoms with van der Waals surface area (Å²) in [7, 11) is 0. The van der Waals surface area contributed by atoms with E-state index in [-0.39, 0.29) is 11.6 Å². The predicted molar refractivity (Wildman–Crippen MR) is 116 cm³/mol. The van der Waals surface area contributed by atoms with Crippen LogP contribution in [0.2, 0.25) is 0 Å². The number of amidine groups is 1. The number of phenolic OH excluding ortho intramolecular Hbond substituents is 1. The van der Waals surface area contributed by atoms with E-state index in [1.165, 1.54) is 0 Å². The zero-order chi connectivity index (χ0) is 20.6. The highest BCUT2D eigenvalue weighted by Gasteiger charge is 2.07. The fourth-order valence-electron chi connectivity index (χ4n) is 3.06. The number of aryl methyl sites for hydroxylation is 1. The Labute approximate surface area is 171 Å². The molecule has 0 fully saturated rings. The summed E-state index contributed by atoms with van der Waals surface area (Å²) in [4.78, 5) is 0. The number of benzene rings is 3. The highest BCUT2D eigenvalue weighted by Crippen LogP contribution is 2.28. The summed E-state index contributed by atoms with van der Waals surface area (Å²) in [6.07, 6.45) is 1.95. The van der Waals surface area contributed by atoms with E-state index in [1.807, 2.05) is 36.4 Å². The van der Waals surface area contributed by atoms with Gasteiger partial charge >= 0.3 is 0 Å². The second kappa shape index (κ2) is 9.64. The molecule has 3 rings (SSSR count). The molecule has 5 heteroatoms. The minimum absolute atomic E-state index is 0.0708. The monoisotopic (exact) mass is 390 g/mol. The Morgan fingerprint density at radius 2 is 1.55 bits per heavy atom. The second-order valence-corrected chi connectivity index (χ2v) is 6.75. The average Bonchev–Trinajstić information content (AvgIpc) is 2.73. The molecule has 0 aliphatic heterocycles. The third-order valence-electron chi connectivity index (χ3n) is 4.56. The van der Waals surface area contributed by atoms with Gasteiger partial charge in [-0.3, -0.25) is 5.41 Å². The molecule has 0 aromatic heterocycles. The van der Waals surface area contributed by atoms with E-state index in [1.54, 1.807) is 24.3 Å². The summed E-state index contributed by atoms with van der Waals surface area (Å²) in [6.45, 7) is 3.00. The van der Waals surface area contributed by atoms with E-state index in [0.717, 1.165) is 40.8 Å². The van der Waals surface area contributed by atoms with Gasteiger partial charge in [0.1, 0.15) is 36.3 Å². The smallest absolute Gasteiger partial charge is 0.122 e. The minimum atomic E-state index is 0.0708. The fourth-order valence-corrected chi connectivity index (χ4v) is 3.06. The quantitative estimate of drug-likeness (QED) is 0.279. The predicted octanol–water partition coefficient (Wildman–Crippen LogP) is 4.75. The van der Waals surface area contributed by atoms with Gasteiger partial charge in [-0.1, -0.05) is 43.7 Å². The molecule has 0 unspecified atom stereocenters. The topological polar surface area (TPSA) is 88.6 Å². The number of nitrogens with two attached hydrogens (primary N) is 1. The largest absolute Gasteiger partial charge is 0.508 e. The standard InChI is InChI=1S/C24H26N2O3/c1-2-3-20-16-19(17-4-6-18(7-5-17)24(25)26)8-13-23(20)29-15-14-28-22-11-9-21(27)10-12-22/h4-13,16,27H,2-3,14-15H2,1H3,(H3,25,26). The maximum Gasteiger partial charge on any atom is 0.122 e. The van der Waals surface area contributed by atoms with Crippen molar-refractivity contribution in [3.05, 3.63) is 77.9 Å². The van der Waals surface area contributed by atoms with Gasteiger partial charge in [0, 0.05) is 5.56 Å². The lowest BCUT2D eigenvalue weighted by molar-refractivity contribution is 0.216. The first-order valence-corrected chi connectivity index (χ1v) is 9.69. The third-order valence-corrected chi connectivity index (χ3v) is 4.56. The molecule has 0 saturated heterocycles. The van der Waals surface area contributed by atoms with Gasteiger partial charge < -0.3 is 20.3 Å². The molecule has 0 bridgehead atoms. The van der Waals surface area contributed by atoms with Crippen LogP contribution >= 0.6 is 0 Å². The lowest BCUT2D eigenvalue weighted by atomic mass is 9.99. The Morgan fingerprint density at radius 3 is 2.21 bits per heavy atom. The van der Waals surface area contributed by atoms with E-state index < -0.39 is 0 Å². The molecule has 4 N–H and O–H groups in total. The molecule has 0 heterocycles. The molecule has 5 nitrogen and oxygen atoms in total. The van der Waals surface area contributed by atoms with Crippen LogP contribution in [0.15, 0.2) is 66.7 Å². The summed E-state index contributed by atoms with van der Waals surface area (Å²) in [5.41, 5.74) is 9.60. The number of ether oxygens (including phenoxy) is 2. The summed E-state index contributed by atoms with van der Waals surface area (Å²) < 4.78 is 11.6. The van der Waals surface area contributed by atoms with Crippen LogP contribution in [0, 0.1) is 5.41 Å². The molecule has 29 heavy (non-hydrogen) atoms. The molecule has 0 saturated carbocycles. The second-order valence-electron chi connectivity index (χ2n) is 6.75. The van der Waals surface area contributed by atoms with Crippen LogP contribution in [0.5, 0.6) is 17.2 Å². The van der Waals surface area contributed by atoms with Crippen LogP contribution in [-0.2, 0) is 6.42 Å². The van der Waals surface area contributed by atoms with Gasteiger partial charge in [0.05, 0.1) is 0 Å². The van der Waals surface area contributed by atoms with Gasteiger partial charge in [0.15, 0.2) is 0 Å². The van der Waals surface area contributed by atoms with Crippen molar-refractivity contribution in [2.24, 2.45) is 5.73 Å². The lowest BCUT2D eigenvalue weighted by Gasteiger charge is -2.14. The van der Waals surface area contributed by atoms with Crippen molar-refractivity contribution >= 4 is 5.84 Å². The summed E-state index contributed by atoms with van der Waals surface area (Å²) >= 11 is 0. The summed E-state index contributed by atoms with van der Waals surface area (Å²) in [5, 5.41) is 16.8. The fraction of sp³-hybridized carbons (Fsp3) is 0.208. The van der Waals surface area contributed by atoms with Crippen LogP contribution in [0.1, 0.15) is 24.5 Å². The normalized spacial score (nSPS) is 10.5.